The first kappa shape index (κ1) is 16.8. The molecule has 0 unspecified atom stereocenters. The highest BCUT2D eigenvalue weighted by Crippen LogP contribution is 2.05. The Hall–Kier alpha value is -2.24. The van der Waals surface area contributed by atoms with E-state index >= 15 is 0 Å². The molecule has 0 bridgehead atoms. The number of alkyl carbamates (subject to hydrolysis) is 1. The van der Waals surface area contributed by atoms with Gasteiger partial charge in [-0.2, -0.15) is 0 Å². The monoisotopic (exact) mass is 294 g/mol. The predicted octanol–water partition coefficient (Wildman–Crippen LogP) is 3.15. The van der Waals surface area contributed by atoms with Crippen LogP contribution in [-0.2, 0) is 9.47 Å². The lowest BCUT2D eigenvalue weighted by atomic mass is 10.2. The van der Waals surface area contributed by atoms with Crippen molar-refractivity contribution in [3.8, 4) is 0 Å². The molecule has 0 saturated heterocycles. The lowest BCUT2D eigenvalue weighted by Crippen LogP contribution is -2.39. The van der Waals surface area contributed by atoms with Crippen LogP contribution >= 0.6 is 0 Å². The number of ether oxygens (including phenoxy) is 2. The second-order valence-electron chi connectivity index (χ2n) is 4.79. The molecule has 2 amide bonds. The van der Waals surface area contributed by atoms with Gasteiger partial charge >= 0.3 is 12.2 Å². The lowest BCUT2D eigenvalue weighted by Gasteiger charge is -2.18. The van der Waals surface area contributed by atoms with Gasteiger partial charge in [0.05, 0.1) is 12.1 Å². The normalized spacial score (nSPS) is 11.6. The number of para-hydroxylation sites is 1. The summed E-state index contributed by atoms with van der Waals surface area (Å²) in [7, 11) is 0. The van der Waals surface area contributed by atoms with Crippen LogP contribution in [-0.4, -0.2) is 30.9 Å². The SMILES string of the molecule is CC[C@@H](COC(=O)Nc1ccccc1)NC(=O)OC(C)C. The van der Waals surface area contributed by atoms with Crippen molar-refractivity contribution in [1.82, 2.24) is 5.32 Å². The molecule has 1 aromatic rings. The minimum absolute atomic E-state index is 0.0857. The highest BCUT2D eigenvalue weighted by atomic mass is 16.6. The summed E-state index contributed by atoms with van der Waals surface area (Å²) >= 11 is 0. The second-order valence-corrected chi connectivity index (χ2v) is 4.79. The summed E-state index contributed by atoms with van der Waals surface area (Å²) in [5, 5.41) is 5.25. The molecule has 0 heterocycles. The first-order valence-corrected chi connectivity index (χ1v) is 6.97. The first-order valence-electron chi connectivity index (χ1n) is 6.97. The van der Waals surface area contributed by atoms with Gasteiger partial charge in [0, 0.05) is 5.69 Å². The van der Waals surface area contributed by atoms with Crippen molar-refractivity contribution < 1.29 is 19.1 Å². The number of carbonyl (C=O) groups is 2. The Morgan fingerprint density at radius 1 is 1.14 bits per heavy atom. The number of nitrogens with one attached hydrogen (secondary N) is 2. The summed E-state index contributed by atoms with van der Waals surface area (Å²) in [6, 6.07) is 8.72. The molecule has 0 fully saturated rings. The van der Waals surface area contributed by atoms with Gasteiger partial charge in [0.15, 0.2) is 0 Å². The fourth-order valence-electron chi connectivity index (χ4n) is 1.53. The number of anilines is 1. The van der Waals surface area contributed by atoms with Gasteiger partial charge in [-0.1, -0.05) is 25.1 Å². The number of carbonyl (C=O) groups excluding carboxylic acids is 2. The third kappa shape index (κ3) is 7.20. The van der Waals surface area contributed by atoms with Gasteiger partial charge in [0.2, 0.25) is 0 Å². The van der Waals surface area contributed by atoms with E-state index in [1.54, 1.807) is 26.0 Å². The first-order chi connectivity index (χ1) is 10.0. The van der Waals surface area contributed by atoms with Crippen molar-refractivity contribution in [2.24, 2.45) is 0 Å². The number of amides is 2. The van der Waals surface area contributed by atoms with Gasteiger partial charge < -0.3 is 14.8 Å². The summed E-state index contributed by atoms with van der Waals surface area (Å²) in [6.07, 6.45) is -0.626. The molecule has 0 aliphatic carbocycles. The van der Waals surface area contributed by atoms with Crippen LogP contribution in [0.2, 0.25) is 0 Å². The topological polar surface area (TPSA) is 76.7 Å². The van der Waals surface area contributed by atoms with E-state index in [1.165, 1.54) is 0 Å². The zero-order chi connectivity index (χ0) is 15.7. The number of rotatable bonds is 6. The maximum absolute atomic E-state index is 11.6. The molecule has 1 atom stereocenters. The summed E-state index contributed by atoms with van der Waals surface area (Å²) in [5.74, 6) is 0. The van der Waals surface area contributed by atoms with Crippen LogP contribution in [0.15, 0.2) is 30.3 Å². The molecule has 21 heavy (non-hydrogen) atoms. The van der Waals surface area contributed by atoms with Crippen LogP contribution in [0.4, 0.5) is 15.3 Å². The molecule has 6 heteroatoms. The summed E-state index contributed by atoms with van der Waals surface area (Å²) in [4.78, 5) is 23.1. The fourth-order valence-corrected chi connectivity index (χ4v) is 1.53. The van der Waals surface area contributed by atoms with Gasteiger partial charge in [-0.3, -0.25) is 5.32 Å². The lowest BCUT2D eigenvalue weighted by molar-refractivity contribution is 0.102. The van der Waals surface area contributed by atoms with Crippen LogP contribution in [0, 0.1) is 0 Å². The molecule has 0 aliphatic heterocycles. The molecule has 0 radical (unpaired) electrons. The molecular weight excluding hydrogens is 272 g/mol. The van der Waals surface area contributed by atoms with E-state index in [2.05, 4.69) is 10.6 Å². The zero-order valence-electron chi connectivity index (χ0n) is 12.6. The molecule has 0 spiro atoms. The molecule has 1 rings (SSSR count). The maximum atomic E-state index is 11.6. The average molecular weight is 294 g/mol. The van der Waals surface area contributed by atoms with Crippen LogP contribution < -0.4 is 10.6 Å². The van der Waals surface area contributed by atoms with Gasteiger partial charge in [0.25, 0.3) is 0 Å². The Bertz CT molecular complexity index is 448. The van der Waals surface area contributed by atoms with E-state index in [-0.39, 0.29) is 18.8 Å². The van der Waals surface area contributed by atoms with E-state index in [4.69, 9.17) is 9.47 Å². The Balaban J connectivity index is 2.34. The molecular formula is C15H22N2O4. The smallest absolute Gasteiger partial charge is 0.411 e. The van der Waals surface area contributed by atoms with Crippen molar-refractivity contribution in [2.45, 2.75) is 39.3 Å². The van der Waals surface area contributed by atoms with Gasteiger partial charge in [-0.15, -0.1) is 0 Å². The largest absolute Gasteiger partial charge is 0.447 e. The highest BCUT2D eigenvalue weighted by molar-refractivity contribution is 5.84. The summed E-state index contributed by atoms with van der Waals surface area (Å²) in [5.41, 5.74) is 0.655. The third-order valence-electron chi connectivity index (χ3n) is 2.59. The second kappa shape index (κ2) is 8.84. The number of hydrogen-bond acceptors (Lipinski definition) is 4. The molecule has 0 aromatic heterocycles. The zero-order valence-corrected chi connectivity index (χ0v) is 12.6. The van der Waals surface area contributed by atoms with Crippen molar-refractivity contribution in [3.63, 3.8) is 0 Å². The molecule has 0 saturated carbocycles. The third-order valence-corrected chi connectivity index (χ3v) is 2.59. The Morgan fingerprint density at radius 3 is 2.38 bits per heavy atom. The van der Waals surface area contributed by atoms with Crippen molar-refractivity contribution in [2.75, 3.05) is 11.9 Å². The van der Waals surface area contributed by atoms with Crippen LogP contribution in [0.5, 0.6) is 0 Å². The molecule has 6 nitrogen and oxygen atoms in total. The van der Waals surface area contributed by atoms with Gasteiger partial charge in [-0.05, 0) is 32.4 Å². The maximum Gasteiger partial charge on any atom is 0.411 e. The van der Waals surface area contributed by atoms with Crippen LogP contribution in [0.1, 0.15) is 27.2 Å². The van der Waals surface area contributed by atoms with Crippen molar-refractivity contribution in [3.05, 3.63) is 30.3 Å². The number of benzene rings is 1. The molecule has 116 valence electrons. The summed E-state index contributed by atoms with van der Waals surface area (Å²) < 4.78 is 10.1. The Kier molecular flexibility index (Phi) is 7.08. The van der Waals surface area contributed by atoms with E-state index in [0.29, 0.717) is 12.1 Å². The van der Waals surface area contributed by atoms with Crippen molar-refractivity contribution in [1.29, 1.82) is 0 Å². The van der Waals surface area contributed by atoms with E-state index in [9.17, 15) is 9.59 Å². The quantitative estimate of drug-likeness (QED) is 0.845. The molecule has 1 aromatic carbocycles. The van der Waals surface area contributed by atoms with Crippen molar-refractivity contribution >= 4 is 17.9 Å². The average Bonchev–Trinajstić information content (AvgIpc) is 2.43. The minimum atomic E-state index is -0.557. The van der Waals surface area contributed by atoms with Crippen LogP contribution in [0.3, 0.4) is 0 Å². The van der Waals surface area contributed by atoms with Gasteiger partial charge in [0.1, 0.15) is 6.61 Å². The highest BCUT2D eigenvalue weighted by Gasteiger charge is 2.14. The van der Waals surface area contributed by atoms with E-state index in [1.807, 2.05) is 25.1 Å². The standard InChI is InChI=1S/C15H22N2O4/c1-4-12(16-15(19)21-11(2)3)10-20-14(18)17-13-8-6-5-7-9-13/h5-9,11-12H,4,10H2,1-3H3,(H,16,19)(H,17,18)/t12-/m0/s1. The minimum Gasteiger partial charge on any atom is -0.447 e. The predicted molar refractivity (Wildman–Crippen MR) is 80.2 cm³/mol. The Labute approximate surface area is 124 Å². The molecule has 2 N–H and O–H groups in total. The summed E-state index contributed by atoms with van der Waals surface area (Å²) in [6.45, 7) is 5.51. The molecule has 0 aliphatic rings. The van der Waals surface area contributed by atoms with E-state index < -0.39 is 12.2 Å². The fraction of sp³-hybridized carbons (Fsp3) is 0.467. The number of hydrogen-bond donors (Lipinski definition) is 2. The Morgan fingerprint density at radius 2 is 1.81 bits per heavy atom. The van der Waals surface area contributed by atoms with Gasteiger partial charge in [-0.25, -0.2) is 9.59 Å². The van der Waals surface area contributed by atoms with E-state index in [0.717, 1.165) is 0 Å². The van der Waals surface area contributed by atoms with Crippen LogP contribution in [0.25, 0.3) is 0 Å².